The number of rotatable bonds is 7. The molecule has 0 saturated heterocycles. The fraction of sp³-hybridized carbons (Fsp3) is 0.462. The molecule has 0 radical (unpaired) electrons. The van der Waals surface area contributed by atoms with Crippen molar-refractivity contribution in [1.29, 1.82) is 0 Å². The first kappa shape index (κ1) is 18.5. The molecule has 0 unspecified atom stereocenters. The zero-order valence-corrected chi connectivity index (χ0v) is 13.0. The molecule has 1 aromatic carbocycles. The van der Waals surface area contributed by atoms with E-state index in [0.717, 1.165) is 24.8 Å². The third kappa shape index (κ3) is 7.63. The molecule has 1 amide bonds. The molecule has 0 aromatic heterocycles. The number of benzene rings is 1. The van der Waals surface area contributed by atoms with Gasteiger partial charge >= 0.3 is 0 Å². The molecule has 0 fully saturated rings. The smallest absolute Gasteiger partial charge is 0.220 e. The summed E-state index contributed by atoms with van der Waals surface area (Å²) in [4.78, 5) is 11.3. The number of halogens is 3. The quantitative estimate of drug-likeness (QED) is 0.756. The van der Waals surface area contributed by atoms with Crippen molar-refractivity contribution in [2.45, 2.75) is 25.7 Å². The van der Waals surface area contributed by atoms with Gasteiger partial charge in [0.05, 0.1) is 0 Å². The van der Waals surface area contributed by atoms with Gasteiger partial charge in [-0.25, -0.2) is 0 Å². The summed E-state index contributed by atoms with van der Waals surface area (Å²) in [5.41, 5.74) is 6.38. The Labute approximate surface area is 130 Å². The van der Waals surface area contributed by atoms with E-state index < -0.39 is 0 Å². The van der Waals surface area contributed by atoms with E-state index in [9.17, 15) is 4.79 Å². The summed E-state index contributed by atoms with van der Waals surface area (Å²) >= 11 is 11.9. The maximum Gasteiger partial charge on any atom is 0.220 e. The van der Waals surface area contributed by atoms with Gasteiger partial charge in [-0.05, 0) is 43.5 Å². The van der Waals surface area contributed by atoms with Crippen molar-refractivity contribution in [1.82, 2.24) is 5.32 Å². The molecule has 3 nitrogen and oxygen atoms in total. The van der Waals surface area contributed by atoms with Crippen molar-refractivity contribution in [2.75, 3.05) is 13.1 Å². The molecule has 0 aliphatic heterocycles. The minimum absolute atomic E-state index is 0. The largest absolute Gasteiger partial charge is 0.356 e. The molecule has 6 heteroatoms. The summed E-state index contributed by atoms with van der Waals surface area (Å²) in [5.74, 6) is 0.0580. The first-order chi connectivity index (χ1) is 8.63. The van der Waals surface area contributed by atoms with Crippen LogP contribution in [0.3, 0.4) is 0 Å². The van der Waals surface area contributed by atoms with Crippen molar-refractivity contribution < 1.29 is 4.79 Å². The van der Waals surface area contributed by atoms with Crippen molar-refractivity contribution in [2.24, 2.45) is 5.73 Å². The number of hydrogen-bond acceptors (Lipinski definition) is 2. The van der Waals surface area contributed by atoms with Gasteiger partial charge in [0, 0.05) is 23.0 Å². The van der Waals surface area contributed by atoms with Crippen LogP contribution in [0.4, 0.5) is 0 Å². The second-order valence-corrected chi connectivity index (χ2v) is 4.93. The molecule has 0 bridgehead atoms. The number of aryl methyl sites for hydroxylation is 1. The molecule has 0 aliphatic carbocycles. The van der Waals surface area contributed by atoms with Crippen molar-refractivity contribution >= 4 is 41.5 Å². The van der Waals surface area contributed by atoms with Gasteiger partial charge < -0.3 is 11.1 Å². The van der Waals surface area contributed by atoms with Crippen LogP contribution in [-0.4, -0.2) is 19.0 Å². The Morgan fingerprint density at radius 1 is 1.26 bits per heavy atom. The summed E-state index contributed by atoms with van der Waals surface area (Å²) in [7, 11) is 0. The molecular formula is C13H19Cl3N2O. The molecule has 19 heavy (non-hydrogen) atoms. The molecule has 1 aromatic rings. The Balaban J connectivity index is 0.00000324. The number of carbonyl (C=O) groups is 1. The lowest BCUT2D eigenvalue weighted by Crippen LogP contribution is -2.25. The molecule has 0 atom stereocenters. The Hall–Kier alpha value is -0.480. The van der Waals surface area contributed by atoms with Gasteiger partial charge in [-0.1, -0.05) is 29.3 Å². The second kappa shape index (κ2) is 10.3. The Kier molecular flexibility index (Phi) is 10.1. The predicted octanol–water partition coefficient (Wildman–Crippen LogP) is 3.20. The third-order valence-electron chi connectivity index (χ3n) is 2.57. The van der Waals surface area contributed by atoms with Crippen molar-refractivity contribution in [3.63, 3.8) is 0 Å². The fourth-order valence-electron chi connectivity index (χ4n) is 1.58. The first-order valence-electron chi connectivity index (χ1n) is 6.04. The van der Waals surface area contributed by atoms with E-state index in [1.807, 2.05) is 12.1 Å². The van der Waals surface area contributed by atoms with E-state index in [1.54, 1.807) is 6.07 Å². The predicted molar refractivity (Wildman–Crippen MR) is 83.3 cm³/mol. The summed E-state index contributed by atoms with van der Waals surface area (Å²) in [5, 5.41) is 4.17. The minimum atomic E-state index is 0. The van der Waals surface area contributed by atoms with Gasteiger partial charge in [0.2, 0.25) is 5.91 Å². The Morgan fingerprint density at radius 2 is 2.00 bits per heavy atom. The van der Waals surface area contributed by atoms with E-state index >= 15 is 0 Å². The molecule has 108 valence electrons. The molecule has 3 N–H and O–H groups in total. The maximum absolute atomic E-state index is 11.3. The van der Waals surface area contributed by atoms with E-state index in [0.29, 0.717) is 29.6 Å². The number of hydrogen-bond donors (Lipinski definition) is 2. The molecular weight excluding hydrogens is 307 g/mol. The average Bonchev–Trinajstić information content (AvgIpc) is 2.34. The topological polar surface area (TPSA) is 55.1 Å². The molecule has 0 aliphatic rings. The zero-order valence-electron chi connectivity index (χ0n) is 10.6. The monoisotopic (exact) mass is 324 g/mol. The minimum Gasteiger partial charge on any atom is -0.356 e. The summed E-state index contributed by atoms with van der Waals surface area (Å²) in [6, 6.07) is 5.47. The third-order valence-corrected chi connectivity index (χ3v) is 3.16. The van der Waals surface area contributed by atoms with Gasteiger partial charge in [-0.2, -0.15) is 0 Å². The fourth-order valence-corrected chi connectivity index (χ4v) is 2.09. The average molecular weight is 326 g/mol. The lowest BCUT2D eigenvalue weighted by Gasteiger charge is -2.06. The van der Waals surface area contributed by atoms with Crippen LogP contribution in [0.2, 0.25) is 10.0 Å². The highest BCUT2D eigenvalue weighted by atomic mass is 35.5. The Bertz CT molecular complexity index is 399. The van der Waals surface area contributed by atoms with Crippen LogP contribution in [0.15, 0.2) is 18.2 Å². The zero-order chi connectivity index (χ0) is 13.4. The van der Waals surface area contributed by atoms with Crippen LogP contribution in [0.1, 0.15) is 24.8 Å². The normalized spacial score (nSPS) is 9.84. The van der Waals surface area contributed by atoms with E-state index in [-0.39, 0.29) is 18.3 Å². The summed E-state index contributed by atoms with van der Waals surface area (Å²) < 4.78 is 0. The lowest BCUT2D eigenvalue weighted by molar-refractivity contribution is -0.121. The maximum atomic E-state index is 11.3. The van der Waals surface area contributed by atoms with Crippen molar-refractivity contribution in [3.05, 3.63) is 33.8 Å². The van der Waals surface area contributed by atoms with Crippen LogP contribution in [0.5, 0.6) is 0 Å². The second-order valence-electron chi connectivity index (χ2n) is 4.08. The van der Waals surface area contributed by atoms with Gasteiger partial charge in [0.25, 0.3) is 0 Å². The highest BCUT2D eigenvalue weighted by molar-refractivity contribution is 6.35. The van der Waals surface area contributed by atoms with Crippen LogP contribution in [0, 0.1) is 0 Å². The van der Waals surface area contributed by atoms with Gasteiger partial charge in [0.1, 0.15) is 0 Å². The SMILES string of the molecule is Cl.NCCCC(=O)NCCCc1ccc(Cl)cc1Cl. The molecule has 0 heterocycles. The summed E-state index contributed by atoms with van der Waals surface area (Å²) in [6.07, 6.45) is 2.91. The van der Waals surface area contributed by atoms with Gasteiger partial charge in [-0.3, -0.25) is 4.79 Å². The van der Waals surface area contributed by atoms with Crippen LogP contribution >= 0.6 is 35.6 Å². The van der Waals surface area contributed by atoms with Crippen LogP contribution in [-0.2, 0) is 11.2 Å². The highest BCUT2D eigenvalue weighted by Crippen LogP contribution is 2.21. The first-order valence-corrected chi connectivity index (χ1v) is 6.79. The number of carbonyl (C=O) groups excluding carboxylic acids is 1. The molecule has 0 spiro atoms. The van der Waals surface area contributed by atoms with Crippen molar-refractivity contribution in [3.8, 4) is 0 Å². The van der Waals surface area contributed by atoms with Gasteiger partial charge in [-0.15, -0.1) is 12.4 Å². The van der Waals surface area contributed by atoms with E-state index in [1.165, 1.54) is 0 Å². The Morgan fingerprint density at radius 3 is 2.63 bits per heavy atom. The highest BCUT2D eigenvalue weighted by Gasteiger charge is 2.02. The summed E-state index contributed by atoms with van der Waals surface area (Å²) in [6.45, 7) is 1.20. The van der Waals surface area contributed by atoms with Crippen LogP contribution in [0.25, 0.3) is 0 Å². The van der Waals surface area contributed by atoms with Gasteiger partial charge in [0.15, 0.2) is 0 Å². The van der Waals surface area contributed by atoms with E-state index in [4.69, 9.17) is 28.9 Å². The standard InChI is InChI=1S/C13H18Cl2N2O.ClH/c14-11-6-5-10(12(15)9-11)3-2-8-17-13(18)4-1-7-16;/h5-6,9H,1-4,7-8,16H2,(H,17,18);1H. The number of amides is 1. The lowest BCUT2D eigenvalue weighted by atomic mass is 10.1. The van der Waals surface area contributed by atoms with E-state index in [2.05, 4.69) is 5.32 Å². The molecule has 1 rings (SSSR count). The number of nitrogens with one attached hydrogen (secondary N) is 1. The molecule has 0 saturated carbocycles. The number of nitrogens with two attached hydrogens (primary N) is 1. The van der Waals surface area contributed by atoms with Crippen LogP contribution < -0.4 is 11.1 Å².